The number of hydrogen-bond donors (Lipinski definition) is 1. The second kappa shape index (κ2) is 4.97. The number of benzene rings is 1. The summed E-state index contributed by atoms with van der Waals surface area (Å²) in [5.41, 5.74) is 8.92. The summed E-state index contributed by atoms with van der Waals surface area (Å²) >= 11 is 0. The molecule has 88 valence electrons. The maximum atomic E-state index is 5.75. The van der Waals surface area contributed by atoms with Gasteiger partial charge in [0.2, 0.25) is 0 Å². The van der Waals surface area contributed by atoms with Crippen molar-refractivity contribution in [3.8, 4) is 0 Å². The first kappa shape index (κ1) is 11.6. The van der Waals surface area contributed by atoms with Crippen molar-refractivity contribution in [2.24, 2.45) is 5.73 Å². The number of para-hydroxylation sites is 1. The van der Waals surface area contributed by atoms with E-state index in [1.54, 1.807) is 0 Å². The summed E-state index contributed by atoms with van der Waals surface area (Å²) in [5.74, 6) is 0.929. The molecule has 0 aliphatic carbocycles. The van der Waals surface area contributed by atoms with Gasteiger partial charge in [-0.3, -0.25) is 0 Å². The Morgan fingerprint density at radius 1 is 1.12 bits per heavy atom. The lowest BCUT2D eigenvalue weighted by Crippen LogP contribution is -2.15. The number of rotatable bonds is 3. The van der Waals surface area contributed by atoms with Crippen molar-refractivity contribution >= 4 is 11.5 Å². The topological polar surface area (TPSA) is 42.1 Å². The zero-order valence-corrected chi connectivity index (χ0v) is 10.2. The number of nitrogens with zero attached hydrogens (tertiary/aromatic N) is 2. The average Bonchev–Trinajstić information content (AvgIpc) is 2.39. The standard InChI is InChI=1S/C14H17N3/c1-11-8-9-12(10-15)14(16-11)17(2)13-6-4-3-5-7-13/h3-9H,10,15H2,1-2H3. The predicted octanol–water partition coefficient (Wildman–Crippen LogP) is 2.62. The van der Waals surface area contributed by atoms with Crippen molar-refractivity contribution in [3.63, 3.8) is 0 Å². The van der Waals surface area contributed by atoms with Crippen LogP contribution in [0.5, 0.6) is 0 Å². The number of anilines is 2. The molecule has 0 aliphatic rings. The van der Waals surface area contributed by atoms with Gasteiger partial charge in [0.05, 0.1) is 0 Å². The minimum absolute atomic E-state index is 0.500. The van der Waals surface area contributed by atoms with E-state index in [4.69, 9.17) is 5.73 Å². The van der Waals surface area contributed by atoms with Crippen LogP contribution in [0.3, 0.4) is 0 Å². The molecule has 2 rings (SSSR count). The molecule has 0 spiro atoms. The van der Waals surface area contributed by atoms with Gasteiger partial charge in [-0.15, -0.1) is 0 Å². The molecule has 0 radical (unpaired) electrons. The fourth-order valence-electron chi connectivity index (χ4n) is 1.80. The minimum Gasteiger partial charge on any atom is -0.329 e. The quantitative estimate of drug-likeness (QED) is 0.876. The van der Waals surface area contributed by atoms with Gasteiger partial charge in [0.25, 0.3) is 0 Å². The maximum Gasteiger partial charge on any atom is 0.137 e. The first-order valence-electron chi connectivity index (χ1n) is 5.67. The van der Waals surface area contributed by atoms with Crippen LogP contribution < -0.4 is 10.6 Å². The van der Waals surface area contributed by atoms with Crippen molar-refractivity contribution < 1.29 is 0 Å². The summed E-state index contributed by atoms with van der Waals surface area (Å²) in [6.07, 6.45) is 0. The van der Waals surface area contributed by atoms with E-state index in [1.165, 1.54) is 0 Å². The third-order valence-electron chi connectivity index (χ3n) is 2.78. The molecule has 0 fully saturated rings. The van der Waals surface area contributed by atoms with Crippen LogP contribution in [0.25, 0.3) is 0 Å². The van der Waals surface area contributed by atoms with E-state index in [1.807, 2.05) is 44.3 Å². The number of aromatic nitrogens is 1. The third kappa shape index (κ3) is 2.45. The van der Waals surface area contributed by atoms with E-state index in [2.05, 4.69) is 22.0 Å². The Labute approximate surface area is 102 Å². The van der Waals surface area contributed by atoms with Crippen LogP contribution in [-0.2, 0) is 6.54 Å². The molecule has 0 saturated heterocycles. The minimum atomic E-state index is 0.500. The summed E-state index contributed by atoms with van der Waals surface area (Å²) in [7, 11) is 2.01. The number of nitrogens with two attached hydrogens (primary N) is 1. The predicted molar refractivity (Wildman–Crippen MR) is 71.4 cm³/mol. The molecule has 1 aromatic heterocycles. The monoisotopic (exact) mass is 227 g/mol. The smallest absolute Gasteiger partial charge is 0.137 e. The number of pyridine rings is 1. The highest BCUT2D eigenvalue weighted by atomic mass is 15.2. The zero-order valence-electron chi connectivity index (χ0n) is 10.2. The summed E-state index contributed by atoms with van der Waals surface area (Å²) in [5, 5.41) is 0. The molecular weight excluding hydrogens is 210 g/mol. The van der Waals surface area contributed by atoms with E-state index in [0.29, 0.717) is 6.54 Å². The van der Waals surface area contributed by atoms with E-state index in [9.17, 15) is 0 Å². The second-order valence-electron chi connectivity index (χ2n) is 4.03. The maximum absolute atomic E-state index is 5.75. The van der Waals surface area contributed by atoms with Gasteiger partial charge in [-0.1, -0.05) is 24.3 Å². The highest BCUT2D eigenvalue weighted by molar-refractivity contribution is 5.62. The van der Waals surface area contributed by atoms with Gasteiger partial charge in [0.1, 0.15) is 5.82 Å². The highest BCUT2D eigenvalue weighted by Crippen LogP contribution is 2.24. The van der Waals surface area contributed by atoms with Crippen molar-refractivity contribution in [1.29, 1.82) is 0 Å². The molecule has 3 nitrogen and oxygen atoms in total. The van der Waals surface area contributed by atoms with Gasteiger partial charge in [-0.05, 0) is 25.1 Å². The van der Waals surface area contributed by atoms with Gasteiger partial charge >= 0.3 is 0 Å². The second-order valence-corrected chi connectivity index (χ2v) is 4.03. The molecule has 1 heterocycles. The molecule has 0 atom stereocenters. The van der Waals surface area contributed by atoms with Gasteiger partial charge < -0.3 is 10.6 Å². The Hall–Kier alpha value is -1.87. The number of hydrogen-bond acceptors (Lipinski definition) is 3. The fraction of sp³-hybridized carbons (Fsp3) is 0.214. The molecular formula is C14H17N3. The van der Waals surface area contributed by atoms with E-state index in [0.717, 1.165) is 22.8 Å². The lowest BCUT2D eigenvalue weighted by atomic mass is 10.2. The molecule has 2 N–H and O–H groups in total. The van der Waals surface area contributed by atoms with E-state index >= 15 is 0 Å². The Balaban J connectivity index is 2.43. The normalized spacial score (nSPS) is 10.3. The Morgan fingerprint density at radius 3 is 2.47 bits per heavy atom. The van der Waals surface area contributed by atoms with Crippen molar-refractivity contribution in [2.45, 2.75) is 13.5 Å². The molecule has 0 unspecified atom stereocenters. The molecule has 1 aromatic carbocycles. The third-order valence-corrected chi connectivity index (χ3v) is 2.78. The zero-order chi connectivity index (χ0) is 12.3. The number of aryl methyl sites for hydroxylation is 1. The van der Waals surface area contributed by atoms with Crippen LogP contribution >= 0.6 is 0 Å². The molecule has 2 aromatic rings. The van der Waals surface area contributed by atoms with Crippen molar-refractivity contribution in [1.82, 2.24) is 4.98 Å². The van der Waals surface area contributed by atoms with Gasteiger partial charge in [-0.2, -0.15) is 0 Å². The van der Waals surface area contributed by atoms with Crippen molar-refractivity contribution in [3.05, 3.63) is 53.7 Å². The summed E-state index contributed by atoms with van der Waals surface area (Å²) in [4.78, 5) is 6.63. The van der Waals surface area contributed by atoms with E-state index < -0.39 is 0 Å². The summed E-state index contributed by atoms with van der Waals surface area (Å²) in [6, 6.07) is 14.2. The SMILES string of the molecule is Cc1ccc(CN)c(N(C)c2ccccc2)n1. The Morgan fingerprint density at radius 2 is 1.82 bits per heavy atom. The first-order chi connectivity index (χ1) is 8.22. The molecule has 0 saturated carbocycles. The lowest BCUT2D eigenvalue weighted by Gasteiger charge is -2.21. The molecule has 0 amide bonds. The van der Waals surface area contributed by atoms with Crippen LogP contribution in [0.4, 0.5) is 11.5 Å². The van der Waals surface area contributed by atoms with Crippen molar-refractivity contribution in [2.75, 3.05) is 11.9 Å². The molecule has 0 bridgehead atoms. The lowest BCUT2D eigenvalue weighted by molar-refractivity contribution is 0.995. The van der Waals surface area contributed by atoms with Gasteiger partial charge in [-0.25, -0.2) is 4.98 Å². The van der Waals surface area contributed by atoms with E-state index in [-0.39, 0.29) is 0 Å². The van der Waals surface area contributed by atoms with Gasteiger partial charge in [0, 0.05) is 30.5 Å². The Bertz CT molecular complexity index is 494. The van der Waals surface area contributed by atoms with Crippen LogP contribution in [0, 0.1) is 6.92 Å². The highest BCUT2D eigenvalue weighted by Gasteiger charge is 2.09. The van der Waals surface area contributed by atoms with Crippen LogP contribution in [0.15, 0.2) is 42.5 Å². The summed E-state index contributed by atoms with van der Waals surface area (Å²) < 4.78 is 0. The first-order valence-corrected chi connectivity index (χ1v) is 5.67. The van der Waals surface area contributed by atoms with Gasteiger partial charge in [0.15, 0.2) is 0 Å². The average molecular weight is 227 g/mol. The van der Waals surface area contributed by atoms with Crippen LogP contribution in [0.1, 0.15) is 11.3 Å². The molecule has 3 heteroatoms. The molecule has 17 heavy (non-hydrogen) atoms. The molecule has 0 aliphatic heterocycles. The van der Waals surface area contributed by atoms with Crippen LogP contribution in [-0.4, -0.2) is 12.0 Å². The fourth-order valence-corrected chi connectivity index (χ4v) is 1.80. The summed E-state index contributed by atoms with van der Waals surface area (Å²) in [6.45, 7) is 2.49. The largest absolute Gasteiger partial charge is 0.329 e. The van der Waals surface area contributed by atoms with Crippen LogP contribution in [0.2, 0.25) is 0 Å². The Kier molecular flexibility index (Phi) is 3.40.